The van der Waals surface area contributed by atoms with E-state index < -0.39 is 5.54 Å². The molecule has 2 rings (SSSR count). The number of pyridine rings is 1. The quantitative estimate of drug-likeness (QED) is 0.937. The minimum atomic E-state index is -0.499. The summed E-state index contributed by atoms with van der Waals surface area (Å²) in [5, 5.41) is 5.85. The molecule has 0 unspecified atom stereocenters. The van der Waals surface area contributed by atoms with Crippen molar-refractivity contribution in [2.24, 2.45) is 0 Å². The van der Waals surface area contributed by atoms with Crippen molar-refractivity contribution in [2.75, 3.05) is 0 Å². The molecule has 1 amide bonds. The molecule has 0 aliphatic rings. The number of amides is 1. The monoisotopic (exact) mass is 275 g/mol. The van der Waals surface area contributed by atoms with Crippen LogP contribution in [0.4, 0.5) is 0 Å². The number of hydrogen-bond acceptors (Lipinski definition) is 4. The smallest absolute Gasteiger partial charge is 0.270 e. The first-order chi connectivity index (χ1) is 8.88. The Morgan fingerprint density at radius 2 is 1.95 bits per heavy atom. The van der Waals surface area contributed by atoms with Crippen LogP contribution in [0.1, 0.15) is 40.7 Å². The number of aryl methyl sites for hydroxylation is 2. The third-order valence-electron chi connectivity index (χ3n) is 2.70. The van der Waals surface area contributed by atoms with Crippen LogP contribution in [-0.4, -0.2) is 15.9 Å². The fourth-order valence-electron chi connectivity index (χ4n) is 1.71. The molecule has 0 saturated carbocycles. The Hall–Kier alpha value is -1.75. The second-order valence-corrected chi connectivity index (χ2v) is 5.90. The van der Waals surface area contributed by atoms with Crippen molar-refractivity contribution < 1.29 is 4.79 Å². The molecule has 0 bridgehead atoms. The van der Waals surface area contributed by atoms with Gasteiger partial charge in [0, 0.05) is 16.8 Å². The second kappa shape index (κ2) is 5.09. The predicted octanol–water partition coefficient (Wildman–Crippen LogP) is 2.82. The van der Waals surface area contributed by atoms with Gasteiger partial charge in [-0.1, -0.05) is 6.07 Å². The van der Waals surface area contributed by atoms with Gasteiger partial charge in [-0.2, -0.15) is 0 Å². The maximum Gasteiger partial charge on any atom is 0.270 e. The van der Waals surface area contributed by atoms with E-state index in [2.05, 4.69) is 15.3 Å². The van der Waals surface area contributed by atoms with Gasteiger partial charge in [-0.3, -0.25) is 4.79 Å². The highest BCUT2D eigenvalue weighted by Crippen LogP contribution is 2.24. The third-order valence-corrected chi connectivity index (χ3v) is 3.98. The summed E-state index contributed by atoms with van der Waals surface area (Å²) in [5.74, 6) is -0.179. The highest BCUT2D eigenvalue weighted by molar-refractivity contribution is 7.09. The maximum atomic E-state index is 12.2. The molecule has 100 valence electrons. The van der Waals surface area contributed by atoms with Crippen molar-refractivity contribution >= 4 is 17.2 Å². The average molecular weight is 275 g/mol. The molecule has 0 radical (unpaired) electrons. The molecule has 2 heterocycles. The Morgan fingerprint density at radius 1 is 1.21 bits per heavy atom. The fraction of sp³-hybridized carbons (Fsp3) is 0.357. The topological polar surface area (TPSA) is 54.9 Å². The van der Waals surface area contributed by atoms with Crippen LogP contribution in [0.3, 0.4) is 0 Å². The van der Waals surface area contributed by atoms with Crippen LogP contribution in [0.5, 0.6) is 0 Å². The molecule has 0 spiro atoms. The lowest BCUT2D eigenvalue weighted by atomic mass is 10.1. The van der Waals surface area contributed by atoms with Gasteiger partial charge in [0.25, 0.3) is 5.91 Å². The number of nitrogens with one attached hydrogen (secondary N) is 1. The highest BCUT2D eigenvalue weighted by Gasteiger charge is 2.26. The number of thiazole rings is 1. The standard InChI is InChI=1S/C14H17N3OS/c1-9-6-5-7-11(15-9)12(18)17-14(3,4)13-16-10(2)8-19-13/h5-8H,1-4H3,(H,17,18). The summed E-state index contributed by atoms with van der Waals surface area (Å²) in [4.78, 5) is 20.9. The van der Waals surface area contributed by atoms with Crippen LogP contribution in [0.25, 0.3) is 0 Å². The predicted molar refractivity (Wildman–Crippen MR) is 76.3 cm³/mol. The van der Waals surface area contributed by atoms with Gasteiger partial charge in [-0.25, -0.2) is 9.97 Å². The maximum absolute atomic E-state index is 12.2. The van der Waals surface area contributed by atoms with Gasteiger partial charge in [0.15, 0.2) is 0 Å². The Balaban J connectivity index is 2.18. The first-order valence-corrected chi connectivity index (χ1v) is 6.95. The number of nitrogens with zero attached hydrogens (tertiary/aromatic N) is 2. The number of aromatic nitrogens is 2. The van der Waals surface area contributed by atoms with Gasteiger partial charge in [0.2, 0.25) is 0 Å². The summed E-state index contributed by atoms with van der Waals surface area (Å²) in [6, 6.07) is 5.41. The van der Waals surface area contributed by atoms with Crippen LogP contribution in [0, 0.1) is 13.8 Å². The second-order valence-electron chi connectivity index (χ2n) is 5.04. The minimum absolute atomic E-state index is 0.179. The summed E-state index contributed by atoms with van der Waals surface area (Å²) in [6.45, 7) is 7.70. The van der Waals surface area contributed by atoms with E-state index in [-0.39, 0.29) is 5.91 Å². The number of carbonyl (C=O) groups is 1. The molecule has 0 aromatic carbocycles. The highest BCUT2D eigenvalue weighted by atomic mass is 32.1. The van der Waals surface area contributed by atoms with E-state index in [0.717, 1.165) is 16.4 Å². The summed E-state index contributed by atoms with van der Waals surface area (Å²) in [5.41, 5.74) is 1.73. The number of rotatable bonds is 3. The Kier molecular flexibility index (Phi) is 3.66. The van der Waals surface area contributed by atoms with E-state index in [1.165, 1.54) is 0 Å². The largest absolute Gasteiger partial charge is 0.339 e. The molecule has 1 N–H and O–H groups in total. The van der Waals surface area contributed by atoms with E-state index in [0.29, 0.717) is 5.69 Å². The van der Waals surface area contributed by atoms with Crippen molar-refractivity contribution in [2.45, 2.75) is 33.2 Å². The Bertz CT molecular complexity index is 604. The van der Waals surface area contributed by atoms with Gasteiger partial charge < -0.3 is 5.32 Å². The lowest BCUT2D eigenvalue weighted by Gasteiger charge is -2.23. The normalized spacial score (nSPS) is 11.4. The number of carbonyl (C=O) groups excluding carboxylic acids is 1. The Labute approximate surface area is 116 Å². The molecule has 0 saturated heterocycles. The average Bonchev–Trinajstić information content (AvgIpc) is 2.76. The van der Waals surface area contributed by atoms with Crippen LogP contribution < -0.4 is 5.32 Å². The van der Waals surface area contributed by atoms with E-state index in [1.807, 2.05) is 45.2 Å². The summed E-state index contributed by atoms with van der Waals surface area (Å²) in [7, 11) is 0. The molecular formula is C14H17N3OS. The lowest BCUT2D eigenvalue weighted by Crippen LogP contribution is -2.41. The van der Waals surface area contributed by atoms with E-state index >= 15 is 0 Å². The molecule has 19 heavy (non-hydrogen) atoms. The summed E-state index contributed by atoms with van der Waals surface area (Å²) >= 11 is 1.55. The zero-order valence-electron chi connectivity index (χ0n) is 11.5. The van der Waals surface area contributed by atoms with Crippen LogP contribution in [0.15, 0.2) is 23.6 Å². The zero-order chi connectivity index (χ0) is 14.0. The van der Waals surface area contributed by atoms with Crippen molar-refractivity contribution in [3.63, 3.8) is 0 Å². The van der Waals surface area contributed by atoms with Crippen LogP contribution >= 0.6 is 11.3 Å². The molecule has 4 nitrogen and oxygen atoms in total. The fourth-order valence-corrected chi connectivity index (χ4v) is 2.59. The van der Waals surface area contributed by atoms with Gasteiger partial charge >= 0.3 is 0 Å². The van der Waals surface area contributed by atoms with E-state index in [1.54, 1.807) is 17.4 Å². The van der Waals surface area contributed by atoms with Gasteiger partial charge in [-0.05, 0) is 39.8 Å². The molecule has 0 aliphatic carbocycles. The Morgan fingerprint density at radius 3 is 2.53 bits per heavy atom. The molecule has 2 aromatic heterocycles. The summed E-state index contributed by atoms with van der Waals surface area (Å²) in [6.07, 6.45) is 0. The van der Waals surface area contributed by atoms with Crippen LogP contribution in [0.2, 0.25) is 0 Å². The zero-order valence-corrected chi connectivity index (χ0v) is 12.3. The first-order valence-electron chi connectivity index (χ1n) is 6.07. The van der Waals surface area contributed by atoms with E-state index in [4.69, 9.17) is 0 Å². The molecule has 0 atom stereocenters. The molecule has 2 aromatic rings. The SMILES string of the molecule is Cc1cccc(C(=O)NC(C)(C)c2nc(C)cs2)n1. The molecular weight excluding hydrogens is 258 g/mol. The minimum Gasteiger partial charge on any atom is -0.339 e. The van der Waals surface area contributed by atoms with Crippen molar-refractivity contribution in [1.29, 1.82) is 0 Å². The van der Waals surface area contributed by atoms with Crippen LogP contribution in [-0.2, 0) is 5.54 Å². The first kappa shape index (κ1) is 13.7. The lowest BCUT2D eigenvalue weighted by molar-refractivity contribution is 0.0906. The molecule has 0 aliphatic heterocycles. The third kappa shape index (κ3) is 3.17. The van der Waals surface area contributed by atoms with Crippen molar-refractivity contribution in [1.82, 2.24) is 15.3 Å². The van der Waals surface area contributed by atoms with Crippen molar-refractivity contribution in [3.05, 3.63) is 45.7 Å². The molecule has 5 heteroatoms. The van der Waals surface area contributed by atoms with Gasteiger partial charge in [-0.15, -0.1) is 11.3 Å². The number of hydrogen-bond donors (Lipinski definition) is 1. The van der Waals surface area contributed by atoms with E-state index in [9.17, 15) is 4.79 Å². The van der Waals surface area contributed by atoms with Gasteiger partial charge in [0.1, 0.15) is 10.7 Å². The van der Waals surface area contributed by atoms with Crippen molar-refractivity contribution in [3.8, 4) is 0 Å². The van der Waals surface area contributed by atoms with Gasteiger partial charge in [0.05, 0.1) is 5.54 Å². The summed E-state index contributed by atoms with van der Waals surface area (Å²) < 4.78 is 0. The molecule has 0 fully saturated rings.